The summed E-state index contributed by atoms with van der Waals surface area (Å²) in [7, 11) is 0. The van der Waals surface area contributed by atoms with Crippen LogP contribution in [0.2, 0.25) is 0 Å². The van der Waals surface area contributed by atoms with Crippen LogP contribution in [0.3, 0.4) is 0 Å². The molecule has 1 aliphatic rings. The molecule has 128 valence electrons. The molecule has 0 fully saturated rings. The Morgan fingerprint density at radius 1 is 1.42 bits per heavy atom. The second-order valence-electron chi connectivity index (χ2n) is 6.44. The first kappa shape index (κ1) is 17.0. The van der Waals surface area contributed by atoms with E-state index in [2.05, 4.69) is 4.57 Å². The lowest BCUT2D eigenvalue weighted by Crippen LogP contribution is -2.27. The average molecular weight is 345 g/mol. The minimum Gasteiger partial charge on any atom is -0.462 e. The van der Waals surface area contributed by atoms with Crippen molar-refractivity contribution < 1.29 is 14.3 Å². The Kier molecular flexibility index (Phi) is 4.90. The van der Waals surface area contributed by atoms with Gasteiger partial charge in [-0.05, 0) is 56.2 Å². The van der Waals surface area contributed by atoms with Gasteiger partial charge >= 0.3 is 5.97 Å². The Morgan fingerprint density at radius 3 is 2.83 bits per heavy atom. The highest BCUT2D eigenvalue weighted by Gasteiger charge is 2.33. The number of aromatic nitrogens is 1. The van der Waals surface area contributed by atoms with Crippen LogP contribution in [0.1, 0.15) is 66.2 Å². The quantitative estimate of drug-likeness (QED) is 0.603. The van der Waals surface area contributed by atoms with Crippen LogP contribution >= 0.6 is 11.3 Å². The molecule has 0 amide bonds. The molecule has 1 atom stereocenters. The monoisotopic (exact) mass is 345 g/mol. The molecule has 2 aromatic heterocycles. The van der Waals surface area contributed by atoms with E-state index in [1.165, 1.54) is 11.3 Å². The third-order valence-corrected chi connectivity index (χ3v) is 5.29. The average Bonchev–Trinajstić information content (AvgIpc) is 3.20. The van der Waals surface area contributed by atoms with Gasteiger partial charge in [0.1, 0.15) is 0 Å². The van der Waals surface area contributed by atoms with Gasteiger partial charge in [0.05, 0.1) is 22.6 Å². The number of nitrogens with zero attached hydrogens (tertiary/aromatic N) is 1. The highest BCUT2D eigenvalue weighted by Crippen LogP contribution is 2.34. The van der Waals surface area contributed by atoms with Gasteiger partial charge in [-0.25, -0.2) is 0 Å². The van der Waals surface area contributed by atoms with Crippen molar-refractivity contribution in [1.82, 2.24) is 4.57 Å². The molecular weight excluding hydrogens is 322 g/mol. The Labute approximate surface area is 146 Å². The summed E-state index contributed by atoms with van der Waals surface area (Å²) in [6, 6.07) is 5.79. The number of esters is 1. The minimum atomic E-state index is -0.267. The van der Waals surface area contributed by atoms with Gasteiger partial charge in [0, 0.05) is 12.2 Å². The summed E-state index contributed by atoms with van der Waals surface area (Å²) in [6.07, 6.45) is 2.32. The van der Waals surface area contributed by atoms with Crippen molar-refractivity contribution in [1.29, 1.82) is 0 Å². The van der Waals surface area contributed by atoms with Crippen molar-refractivity contribution in [2.24, 2.45) is 0 Å². The number of hydrogen-bond acceptors (Lipinski definition) is 4. The zero-order valence-corrected chi connectivity index (χ0v) is 15.2. The number of carbonyl (C=O) groups excluding carboxylic acids is 2. The van der Waals surface area contributed by atoms with E-state index in [0.29, 0.717) is 0 Å². The van der Waals surface area contributed by atoms with Crippen LogP contribution in [-0.2, 0) is 22.5 Å². The molecule has 24 heavy (non-hydrogen) atoms. The normalized spacial score (nSPS) is 16.9. The molecule has 0 radical (unpaired) electrons. The van der Waals surface area contributed by atoms with Crippen LogP contribution in [0.4, 0.5) is 0 Å². The lowest BCUT2D eigenvalue weighted by atomic mass is 9.96. The topological polar surface area (TPSA) is 48.3 Å². The number of fused-ring (bicyclic) bond motifs is 1. The molecule has 0 spiro atoms. The summed E-state index contributed by atoms with van der Waals surface area (Å²) in [4.78, 5) is 26.2. The Morgan fingerprint density at radius 2 is 2.21 bits per heavy atom. The van der Waals surface area contributed by atoms with Crippen molar-refractivity contribution in [2.75, 3.05) is 0 Å². The maximum absolute atomic E-state index is 12.9. The lowest BCUT2D eigenvalue weighted by molar-refractivity contribution is -0.149. The largest absolute Gasteiger partial charge is 0.462 e. The van der Waals surface area contributed by atoms with E-state index in [9.17, 15) is 9.59 Å². The van der Waals surface area contributed by atoms with Crippen LogP contribution in [0.5, 0.6) is 0 Å². The van der Waals surface area contributed by atoms with Crippen LogP contribution in [0.15, 0.2) is 23.6 Å². The first-order valence-corrected chi connectivity index (χ1v) is 9.41. The van der Waals surface area contributed by atoms with Gasteiger partial charge < -0.3 is 9.30 Å². The Hall–Kier alpha value is -1.88. The zero-order chi connectivity index (χ0) is 17.3. The van der Waals surface area contributed by atoms with Crippen LogP contribution < -0.4 is 0 Å². The van der Waals surface area contributed by atoms with E-state index >= 15 is 0 Å². The molecule has 0 saturated heterocycles. The van der Waals surface area contributed by atoms with Crippen LogP contribution in [-0.4, -0.2) is 22.4 Å². The van der Waals surface area contributed by atoms with Gasteiger partial charge in [-0.2, -0.15) is 0 Å². The number of ketones is 1. The number of aryl methyl sites for hydroxylation is 1. The van der Waals surface area contributed by atoms with Gasteiger partial charge in [-0.3, -0.25) is 9.59 Å². The number of rotatable bonds is 5. The molecular formula is C19H23NO3S. The molecule has 1 unspecified atom stereocenters. The predicted molar refractivity (Wildman–Crippen MR) is 94.8 cm³/mol. The molecule has 3 heterocycles. The van der Waals surface area contributed by atoms with E-state index < -0.39 is 0 Å². The molecule has 5 heteroatoms. The third-order valence-electron chi connectivity index (χ3n) is 4.42. The smallest absolute Gasteiger partial charge is 0.315 e. The molecule has 4 nitrogen and oxygen atoms in total. The predicted octanol–water partition coefficient (Wildman–Crippen LogP) is 4.17. The highest BCUT2D eigenvalue weighted by molar-refractivity contribution is 7.12. The van der Waals surface area contributed by atoms with Crippen molar-refractivity contribution in [2.45, 2.75) is 58.6 Å². The molecule has 0 saturated carbocycles. The molecule has 0 N–H and O–H groups in total. The fourth-order valence-electron chi connectivity index (χ4n) is 3.37. The van der Waals surface area contributed by atoms with E-state index in [4.69, 9.17) is 4.74 Å². The van der Waals surface area contributed by atoms with E-state index in [1.54, 1.807) is 0 Å². The SMILES string of the molecule is CCc1cc2n(c1C(=O)c1cccs1)CCCC2C(=O)OC(C)C. The van der Waals surface area contributed by atoms with E-state index in [0.717, 1.165) is 47.6 Å². The van der Waals surface area contributed by atoms with Gasteiger partial charge in [0.25, 0.3) is 0 Å². The maximum atomic E-state index is 12.9. The summed E-state index contributed by atoms with van der Waals surface area (Å²) in [5.74, 6) is -0.386. The number of carbonyl (C=O) groups is 2. The molecule has 1 aliphatic heterocycles. The number of ether oxygens (including phenoxy) is 1. The summed E-state index contributed by atoms with van der Waals surface area (Å²) in [5, 5.41) is 1.92. The van der Waals surface area contributed by atoms with Crippen molar-refractivity contribution in [3.8, 4) is 0 Å². The minimum absolute atomic E-state index is 0.0611. The lowest BCUT2D eigenvalue weighted by Gasteiger charge is -2.25. The van der Waals surface area contributed by atoms with Gasteiger partial charge in [0.15, 0.2) is 0 Å². The molecule has 0 aliphatic carbocycles. The fourth-order valence-corrected chi connectivity index (χ4v) is 4.04. The fraction of sp³-hybridized carbons (Fsp3) is 0.474. The molecule has 3 rings (SSSR count). The van der Waals surface area contributed by atoms with Gasteiger partial charge in [-0.15, -0.1) is 11.3 Å². The molecule has 0 aromatic carbocycles. The summed E-state index contributed by atoms with van der Waals surface area (Å²) >= 11 is 1.46. The second kappa shape index (κ2) is 6.93. The van der Waals surface area contributed by atoms with Gasteiger partial charge in [0.2, 0.25) is 5.78 Å². The van der Waals surface area contributed by atoms with E-state index in [1.807, 2.05) is 44.4 Å². The zero-order valence-electron chi connectivity index (χ0n) is 14.4. The Bertz CT molecular complexity index is 743. The number of hydrogen-bond donors (Lipinski definition) is 0. The molecule has 2 aromatic rings. The highest BCUT2D eigenvalue weighted by atomic mass is 32.1. The third kappa shape index (κ3) is 3.05. The van der Waals surface area contributed by atoms with Crippen LogP contribution in [0.25, 0.3) is 0 Å². The Balaban J connectivity index is 2.02. The van der Waals surface area contributed by atoms with E-state index in [-0.39, 0.29) is 23.8 Å². The maximum Gasteiger partial charge on any atom is 0.315 e. The van der Waals surface area contributed by atoms with Crippen LogP contribution in [0, 0.1) is 0 Å². The first-order valence-electron chi connectivity index (χ1n) is 8.53. The summed E-state index contributed by atoms with van der Waals surface area (Å²) in [5.41, 5.74) is 2.70. The standard InChI is InChI=1S/C19H23NO3S/c1-4-13-11-15-14(19(22)23-12(2)3)7-5-9-20(15)17(13)18(21)16-8-6-10-24-16/h6,8,10-12,14H,4-5,7,9H2,1-3H3. The van der Waals surface area contributed by atoms with Crippen molar-refractivity contribution >= 4 is 23.1 Å². The van der Waals surface area contributed by atoms with Crippen molar-refractivity contribution in [3.05, 3.63) is 45.4 Å². The summed E-state index contributed by atoms with van der Waals surface area (Å²) in [6.45, 7) is 6.56. The van der Waals surface area contributed by atoms with Gasteiger partial charge in [-0.1, -0.05) is 13.0 Å². The van der Waals surface area contributed by atoms with Crippen molar-refractivity contribution in [3.63, 3.8) is 0 Å². The second-order valence-corrected chi connectivity index (χ2v) is 7.38. The molecule has 0 bridgehead atoms. The summed E-state index contributed by atoms with van der Waals surface area (Å²) < 4.78 is 7.48. The number of thiophene rings is 1. The first-order chi connectivity index (χ1) is 11.5.